The van der Waals surface area contributed by atoms with Gasteiger partial charge in [0.25, 0.3) is 0 Å². The number of benzene rings is 2. The van der Waals surface area contributed by atoms with Crippen LogP contribution in [0.4, 0.5) is 30.7 Å². The molecule has 0 saturated carbocycles. The van der Waals surface area contributed by atoms with Crippen molar-refractivity contribution in [2.24, 2.45) is 0 Å². The van der Waals surface area contributed by atoms with E-state index < -0.39 is 58.7 Å². The minimum absolute atomic E-state index is 0.0336. The zero-order valence-electron chi connectivity index (χ0n) is 22.2. The third kappa shape index (κ3) is 7.96. The van der Waals surface area contributed by atoms with E-state index in [-0.39, 0.29) is 37.6 Å². The van der Waals surface area contributed by atoms with Gasteiger partial charge in [0.1, 0.15) is 11.9 Å². The summed E-state index contributed by atoms with van der Waals surface area (Å²) in [5.74, 6) is -2.18. The molecule has 1 aliphatic heterocycles. The molecule has 0 aliphatic carbocycles. The zero-order chi connectivity index (χ0) is 30.0. The van der Waals surface area contributed by atoms with Crippen LogP contribution in [-0.4, -0.2) is 46.6 Å². The Hall–Kier alpha value is -3.15. The lowest BCUT2D eigenvalue weighted by Crippen LogP contribution is -2.56. The molecule has 1 saturated heterocycles. The van der Waals surface area contributed by atoms with E-state index in [1.54, 1.807) is 6.92 Å². The van der Waals surface area contributed by atoms with Crippen LogP contribution >= 0.6 is 0 Å². The van der Waals surface area contributed by atoms with Crippen molar-refractivity contribution in [3.05, 3.63) is 70.0 Å². The maximum absolute atomic E-state index is 13.8. The van der Waals surface area contributed by atoms with Crippen LogP contribution in [0.15, 0.2) is 36.4 Å². The number of carbonyl (C=O) groups excluding carboxylic acids is 2. The van der Waals surface area contributed by atoms with Gasteiger partial charge >= 0.3 is 12.4 Å². The third-order valence-electron chi connectivity index (χ3n) is 6.80. The normalized spacial score (nSPS) is 18.5. The van der Waals surface area contributed by atoms with Crippen LogP contribution in [0.1, 0.15) is 66.8 Å². The van der Waals surface area contributed by atoms with Crippen LogP contribution < -0.4 is 5.32 Å². The van der Waals surface area contributed by atoms with Crippen molar-refractivity contribution in [2.45, 2.75) is 76.4 Å². The van der Waals surface area contributed by atoms with E-state index in [0.717, 1.165) is 0 Å². The molecule has 2 atom stereocenters. The Morgan fingerprint density at radius 1 is 1.00 bits per heavy atom. The van der Waals surface area contributed by atoms with Crippen LogP contribution in [0.5, 0.6) is 0 Å². The highest BCUT2D eigenvalue weighted by atomic mass is 19.4. The Kier molecular flexibility index (Phi) is 9.22. The van der Waals surface area contributed by atoms with Gasteiger partial charge in [-0.05, 0) is 87.1 Å². The molecule has 0 spiro atoms. The average Bonchev–Trinajstić information content (AvgIpc) is 2.81. The predicted molar refractivity (Wildman–Crippen MR) is 133 cm³/mol. The number of amides is 2. The van der Waals surface area contributed by atoms with Crippen LogP contribution in [0.2, 0.25) is 0 Å². The Labute approximate surface area is 227 Å². The minimum atomic E-state index is -5.00. The van der Waals surface area contributed by atoms with E-state index in [1.807, 2.05) is 0 Å². The van der Waals surface area contributed by atoms with Crippen LogP contribution in [0.3, 0.4) is 0 Å². The topological polar surface area (TPSA) is 69.6 Å². The number of aliphatic hydroxyl groups is 1. The Morgan fingerprint density at radius 3 is 2.12 bits per heavy atom. The zero-order valence-corrected chi connectivity index (χ0v) is 22.2. The lowest BCUT2D eigenvalue weighted by molar-refractivity contribution is -0.146. The number of halogens is 7. The fourth-order valence-corrected chi connectivity index (χ4v) is 5.05. The van der Waals surface area contributed by atoms with Crippen LogP contribution in [0, 0.1) is 12.7 Å². The molecule has 0 aromatic heterocycles. The Balaban J connectivity index is 1.87. The number of nitrogens with one attached hydrogen (secondary N) is 1. The summed E-state index contributed by atoms with van der Waals surface area (Å²) in [5, 5.41) is 12.7. The molecule has 2 aromatic rings. The fraction of sp³-hybridized carbons (Fsp3) is 0.500. The van der Waals surface area contributed by atoms with Gasteiger partial charge in [0, 0.05) is 19.0 Å². The molecule has 1 fully saturated rings. The van der Waals surface area contributed by atoms with Crippen molar-refractivity contribution in [3.63, 3.8) is 0 Å². The molecule has 0 radical (unpaired) electrons. The van der Waals surface area contributed by atoms with E-state index in [0.29, 0.717) is 36.1 Å². The SMILES string of the molecule is Cc1cc(F)ccc1C1CCCN(C(=O)CC(C)(C)O)C1C(=O)NCCc1cc(C(F)(F)F)cc(C(F)(F)F)c1. The number of likely N-dealkylation sites (tertiary alicyclic amines) is 1. The van der Waals surface area contributed by atoms with Crippen molar-refractivity contribution < 1.29 is 45.4 Å². The van der Waals surface area contributed by atoms with Crippen molar-refractivity contribution in [3.8, 4) is 0 Å². The summed E-state index contributed by atoms with van der Waals surface area (Å²) in [6.45, 7) is 4.45. The number of hydrogen-bond acceptors (Lipinski definition) is 3. The van der Waals surface area contributed by atoms with E-state index in [2.05, 4.69) is 5.32 Å². The monoisotopic (exact) mass is 576 g/mol. The second-order valence-electron chi connectivity index (χ2n) is 10.7. The Bertz CT molecular complexity index is 1200. The largest absolute Gasteiger partial charge is 0.416 e. The van der Waals surface area contributed by atoms with Crippen molar-refractivity contribution in [1.29, 1.82) is 0 Å². The maximum atomic E-state index is 13.8. The molecule has 220 valence electrons. The van der Waals surface area contributed by atoms with Gasteiger partial charge in [-0.2, -0.15) is 26.3 Å². The molecule has 2 aromatic carbocycles. The predicted octanol–water partition coefficient (Wildman–Crippen LogP) is 5.77. The maximum Gasteiger partial charge on any atom is 0.416 e. The smallest absolute Gasteiger partial charge is 0.390 e. The quantitative estimate of drug-likeness (QED) is 0.412. The van der Waals surface area contributed by atoms with Gasteiger partial charge in [-0.25, -0.2) is 4.39 Å². The van der Waals surface area contributed by atoms with Crippen LogP contribution in [-0.2, 0) is 28.4 Å². The molecule has 3 rings (SSSR count). The summed E-state index contributed by atoms with van der Waals surface area (Å²) in [4.78, 5) is 27.9. The number of alkyl halides is 6. The summed E-state index contributed by atoms with van der Waals surface area (Å²) < 4.78 is 93.0. The lowest BCUT2D eigenvalue weighted by atomic mass is 9.80. The molecule has 40 heavy (non-hydrogen) atoms. The Morgan fingerprint density at radius 2 is 1.60 bits per heavy atom. The van der Waals surface area contributed by atoms with Gasteiger partial charge in [-0.15, -0.1) is 0 Å². The molecule has 5 nitrogen and oxygen atoms in total. The summed E-state index contributed by atoms with van der Waals surface area (Å²) >= 11 is 0. The highest BCUT2D eigenvalue weighted by Crippen LogP contribution is 2.37. The highest BCUT2D eigenvalue weighted by molar-refractivity contribution is 5.89. The van der Waals surface area contributed by atoms with E-state index in [4.69, 9.17) is 0 Å². The standard InChI is InChI=1S/C28H31F7N2O3/c1-16-11-20(29)6-7-21(16)22-5-4-10-37(23(38)15-26(2,3)40)24(22)25(39)36-9-8-17-12-18(27(30,31)32)14-19(13-17)28(33,34)35/h6-7,11-14,22,24,40H,4-5,8-10,15H2,1-3H3,(H,36,39). The molecule has 2 N–H and O–H groups in total. The molecule has 2 unspecified atom stereocenters. The number of aryl methyl sites for hydroxylation is 1. The first-order chi connectivity index (χ1) is 18.4. The summed E-state index contributed by atoms with van der Waals surface area (Å²) in [7, 11) is 0. The number of carbonyl (C=O) groups is 2. The fourth-order valence-electron chi connectivity index (χ4n) is 5.05. The van der Waals surface area contributed by atoms with Gasteiger partial charge in [0.15, 0.2) is 0 Å². The molecular formula is C28H31F7N2O3. The number of hydrogen-bond donors (Lipinski definition) is 2. The van der Waals surface area contributed by atoms with Crippen molar-refractivity contribution in [1.82, 2.24) is 10.2 Å². The number of rotatable bonds is 7. The molecule has 0 bridgehead atoms. The first-order valence-electron chi connectivity index (χ1n) is 12.7. The second-order valence-corrected chi connectivity index (χ2v) is 10.7. The molecule has 1 aliphatic rings. The van der Waals surface area contributed by atoms with Gasteiger partial charge in [0.2, 0.25) is 11.8 Å². The molecular weight excluding hydrogens is 545 g/mol. The van der Waals surface area contributed by atoms with Crippen molar-refractivity contribution in [2.75, 3.05) is 13.1 Å². The van der Waals surface area contributed by atoms with Gasteiger partial charge < -0.3 is 15.3 Å². The number of nitrogens with zero attached hydrogens (tertiary/aromatic N) is 1. The van der Waals surface area contributed by atoms with E-state index in [1.165, 1.54) is 36.9 Å². The number of piperidine rings is 1. The minimum Gasteiger partial charge on any atom is -0.390 e. The lowest BCUT2D eigenvalue weighted by Gasteiger charge is -2.41. The van der Waals surface area contributed by atoms with Gasteiger partial charge in [-0.1, -0.05) is 6.07 Å². The van der Waals surface area contributed by atoms with E-state index in [9.17, 15) is 45.4 Å². The summed E-state index contributed by atoms with van der Waals surface area (Å²) in [5.41, 5.74) is -3.35. The van der Waals surface area contributed by atoms with Crippen molar-refractivity contribution >= 4 is 11.8 Å². The average molecular weight is 577 g/mol. The van der Waals surface area contributed by atoms with Crippen LogP contribution in [0.25, 0.3) is 0 Å². The summed E-state index contributed by atoms with van der Waals surface area (Å²) in [6, 6.07) is 4.22. The molecule has 2 amide bonds. The molecule has 1 heterocycles. The first-order valence-corrected chi connectivity index (χ1v) is 12.7. The third-order valence-corrected chi connectivity index (χ3v) is 6.80. The highest BCUT2D eigenvalue weighted by Gasteiger charge is 2.41. The molecule has 12 heteroatoms. The van der Waals surface area contributed by atoms with Gasteiger partial charge in [0.05, 0.1) is 23.1 Å². The second kappa shape index (κ2) is 11.8. The summed E-state index contributed by atoms with van der Waals surface area (Å²) in [6.07, 6.45) is -9.61. The van der Waals surface area contributed by atoms with Gasteiger partial charge in [-0.3, -0.25) is 9.59 Å². The first kappa shape index (κ1) is 31.4. The van der Waals surface area contributed by atoms with E-state index >= 15 is 0 Å².